The lowest BCUT2D eigenvalue weighted by Crippen LogP contribution is -2.45. The van der Waals surface area contributed by atoms with Crippen LogP contribution in [0.15, 0.2) is 0 Å². The number of nitrogens with one attached hydrogen (secondary N) is 2. The zero-order valence-corrected chi connectivity index (χ0v) is 13.1. The molecule has 1 heterocycles. The van der Waals surface area contributed by atoms with Crippen molar-refractivity contribution in [3.8, 4) is 12.5 Å². The normalized spacial score (nSPS) is 17.1. The van der Waals surface area contributed by atoms with E-state index in [1.807, 2.05) is 0 Å². The second kappa shape index (κ2) is 10.9. The molecule has 1 saturated heterocycles. The highest BCUT2D eigenvalue weighted by Gasteiger charge is 2.31. The minimum absolute atomic E-state index is 0.0506. The molecule has 0 aromatic carbocycles. The van der Waals surface area contributed by atoms with Gasteiger partial charge in [0.15, 0.2) is 0 Å². The van der Waals surface area contributed by atoms with E-state index in [1.54, 1.807) is 4.90 Å². The predicted molar refractivity (Wildman–Crippen MR) is 81.9 cm³/mol. The minimum atomic E-state index is -0.329. The number of carbonyl (C=O) groups excluding carboxylic acids is 2. The third-order valence-electron chi connectivity index (χ3n) is 3.35. The first-order valence-electron chi connectivity index (χ1n) is 7.55. The second-order valence-corrected chi connectivity index (χ2v) is 4.96. The van der Waals surface area contributed by atoms with E-state index >= 15 is 0 Å². The van der Waals surface area contributed by atoms with E-state index in [0.717, 1.165) is 12.8 Å². The fourth-order valence-electron chi connectivity index (χ4n) is 2.30. The molecule has 0 saturated carbocycles. The summed E-state index contributed by atoms with van der Waals surface area (Å²) in [6.45, 7) is 5.11. The van der Waals surface area contributed by atoms with E-state index in [1.165, 1.54) is 6.92 Å². The topological polar surface area (TPSA) is 79.9 Å². The first kappa shape index (κ1) is 18.3. The van der Waals surface area contributed by atoms with Crippen LogP contribution in [0.3, 0.4) is 0 Å². The summed E-state index contributed by atoms with van der Waals surface area (Å²) >= 11 is 0. The summed E-state index contributed by atoms with van der Waals surface area (Å²) in [5.41, 5.74) is 0. The monoisotopic (exact) mass is 311 g/mol. The van der Waals surface area contributed by atoms with Crippen LogP contribution in [0, 0.1) is 12.5 Å². The molecule has 2 N–H and O–H groups in total. The SMILES string of the molecule is C#CNCCOCCOCCNC(=O)C1CCCN1C(C)=O. The van der Waals surface area contributed by atoms with Crippen molar-refractivity contribution in [2.45, 2.75) is 25.8 Å². The van der Waals surface area contributed by atoms with Gasteiger partial charge < -0.3 is 25.0 Å². The van der Waals surface area contributed by atoms with Crippen molar-refractivity contribution in [1.82, 2.24) is 15.5 Å². The summed E-state index contributed by atoms with van der Waals surface area (Å²) in [7, 11) is 0. The average Bonchev–Trinajstić information content (AvgIpc) is 2.99. The number of carbonyl (C=O) groups is 2. The molecule has 0 spiro atoms. The molecule has 22 heavy (non-hydrogen) atoms. The zero-order valence-electron chi connectivity index (χ0n) is 13.1. The lowest BCUT2D eigenvalue weighted by Gasteiger charge is -2.22. The van der Waals surface area contributed by atoms with Gasteiger partial charge in [0.25, 0.3) is 0 Å². The fraction of sp³-hybridized carbons (Fsp3) is 0.733. The van der Waals surface area contributed by atoms with E-state index < -0.39 is 0 Å². The Morgan fingerprint density at radius 3 is 2.55 bits per heavy atom. The lowest BCUT2D eigenvalue weighted by molar-refractivity contribution is -0.136. The number of amides is 2. The third-order valence-corrected chi connectivity index (χ3v) is 3.35. The Kier molecular flexibility index (Phi) is 9.03. The van der Waals surface area contributed by atoms with Crippen molar-refractivity contribution in [2.75, 3.05) is 46.1 Å². The van der Waals surface area contributed by atoms with E-state index in [-0.39, 0.29) is 17.9 Å². The van der Waals surface area contributed by atoms with Crippen molar-refractivity contribution in [3.05, 3.63) is 0 Å². The summed E-state index contributed by atoms with van der Waals surface area (Å²) < 4.78 is 10.6. The van der Waals surface area contributed by atoms with Gasteiger partial charge in [0.05, 0.1) is 26.4 Å². The molecule has 1 fully saturated rings. The number of ether oxygens (including phenoxy) is 2. The Hall–Kier alpha value is -1.78. The average molecular weight is 311 g/mol. The summed E-state index contributed by atoms with van der Waals surface area (Å²) in [6.07, 6.45) is 6.62. The van der Waals surface area contributed by atoms with Crippen LogP contribution in [0.2, 0.25) is 0 Å². The summed E-state index contributed by atoms with van der Waals surface area (Å²) in [6, 6.07) is 1.98. The van der Waals surface area contributed by atoms with Crippen LogP contribution in [0.4, 0.5) is 0 Å². The number of hydrogen-bond acceptors (Lipinski definition) is 5. The first-order valence-corrected chi connectivity index (χ1v) is 7.55. The molecule has 0 aliphatic carbocycles. The van der Waals surface area contributed by atoms with Gasteiger partial charge in [0.1, 0.15) is 6.04 Å². The molecule has 0 aromatic rings. The molecule has 124 valence electrons. The highest BCUT2D eigenvalue weighted by molar-refractivity contribution is 5.87. The summed E-state index contributed by atoms with van der Waals surface area (Å²) in [5.74, 6) is -0.154. The Balaban J connectivity index is 1.99. The Morgan fingerprint density at radius 2 is 1.91 bits per heavy atom. The molecule has 1 atom stereocenters. The van der Waals surface area contributed by atoms with Crippen molar-refractivity contribution in [1.29, 1.82) is 0 Å². The molecule has 7 heteroatoms. The lowest BCUT2D eigenvalue weighted by atomic mass is 10.2. The number of terminal acetylenes is 1. The molecular weight excluding hydrogens is 286 g/mol. The van der Waals surface area contributed by atoms with Crippen molar-refractivity contribution >= 4 is 11.8 Å². The molecule has 1 unspecified atom stereocenters. The summed E-state index contributed by atoms with van der Waals surface area (Å²) in [5, 5.41) is 5.49. The van der Waals surface area contributed by atoms with Crippen LogP contribution in [-0.2, 0) is 19.1 Å². The van der Waals surface area contributed by atoms with Gasteiger partial charge in [-0.25, -0.2) is 0 Å². The van der Waals surface area contributed by atoms with Gasteiger partial charge in [-0.1, -0.05) is 6.42 Å². The highest BCUT2D eigenvalue weighted by atomic mass is 16.5. The number of rotatable bonds is 10. The van der Waals surface area contributed by atoms with Gasteiger partial charge in [0.2, 0.25) is 11.8 Å². The predicted octanol–water partition coefficient (Wildman–Crippen LogP) is -0.673. The number of nitrogens with zero attached hydrogens (tertiary/aromatic N) is 1. The van der Waals surface area contributed by atoms with E-state index in [4.69, 9.17) is 15.9 Å². The highest BCUT2D eigenvalue weighted by Crippen LogP contribution is 2.17. The van der Waals surface area contributed by atoms with Crippen molar-refractivity contribution in [3.63, 3.8) is 0 Å². The molecular formula is C15H25N3O4. The quantitative estimate of drug-likeness (QED) is 0.318. The second-order valence-electron chi connectivity index (χ2n) is 4.96. The maximum atomic E-state index is 12.0. The van der Waals surface area contributed by atoms with Crippen LogP contribution in [-0.4, -0.2) is 68.8 Å². The van der Waals surface area contributed by atoms with Crippen LogP contribution < -0.4 is 10.6 Å². The van der Waals surface area contributed by atoms with Gasteiger partial charge in [-0.15, -0.1) is 0 Å². The maximum Gasteiger partial charge on any atom is 0.242 e. The standard InChI is InChI=1S/C15H25N3O4/c1-3-16-6-9-21-11-12-22-10-7-17-15(20)14-5-4-8-18(14)13(2)19/h1,14,16H,4-12H2,2H3,(H,17,20). The number of likely N-dealkylation sites (tertiary alicyclic amines) is 1. The van der Waals surface area contributed by atoms with Gasteiger partial charge in [-0.2, -0.15) is 0 Å². The summed E-state index contributed by atoms with van der Waals surface area (Å²) in [4.78, 5) is 25.0. The smallest absolute Gasteiger partial charge is 0.242 e. The molecule has 1 aliphatic heterocycles. The first-order chi connectivity index (χ1) is 10.7. The van der Waals surface area contributed by atoms with E-state index in [0.29, 0.717) is 46.1 Å². The number of hydrogen-bond donors (Lipinski definition) is 2. The molecule has 1 rings (SSSR count). The molecule has 0 aromatic heterocycles. The van der Waals surface area contributed by atoms with Crippen molar-refractivity contribution < 1.29 is 19.1 Å². The van der Waals surface area contributed by atoms with Crippen LogP contribution in [0.1, 0.15) is 19.8 Å². The fourth-order valence-corrected chi connectivity index (χ4v) is 2.30. The largest absolute Gasteiger partial charge is 0.377 e. The zero-order chi connectivity index (χ0) is 16.2. The Bertz CT molecular complexity index is 395. The van der Waals surface area contributed by atoms with Gasteiger partial charge in [0, 0.05) is 32.6 Å². The molecule has 0 bridgehead atoms. The van der Waals surface area contributed by atoms with E-state index in [2.05, 4.69) is 16.7 Å². The van der Waals surface area contributed by atoms with E-state index in [9.17, 15) is 9.59 Å². The molecule has 7 nitrogen and oxygen atoms in total. The third kappa shape index (κ3) is 6.78. The molecule has 1 aliphatic rings. The van der Waals surface area contributed by atoms with Crippen LogP contribution >= 0.6 is 0 Å². The maximum absolute atomic E-state index is 12.0. The Morgan fingerprint density at radius 1 is 1.23 bits per heavy atom. The van der Waals surface area contributed by atoms with Crippen LogP contribution in [0.25, 0.3) is 0 Å². The van der Waals surface area contributed by atoms with Gasteiger partial charge >= 0.3 is 0 Å². The van der Waals surface area contributed by atoms with Crippen LogP contribution in [0.5, 0.6) is 0 Å². The molecule has 2 amide bonds. The van der Waals surface area contributed by atoms with Crippen molar-refractivity contribution in [2.24, 2.45) is 0 Å². The van der Waals surface area contributed by atoms with Gasteiger partial charge in [-0.05, 0) is 12.8 Å². The minimum Gasteiger partial charge on any atom is -0.377 e. The molecule has 0 radical (unpaired) electrons. The Labute approximate surface area is 131 Å². The van der Waals surface area contributed by atoms with Gasteiger partial charge in [-0.3, -0.25) is 9.59 Å².